The van der Waals surface area contributed by atoms with Crippen molar-refractivity contribution >= 4 is 34.8 Å². The van der Waals surface area contributed by atoms with E-state index in [0.29, 0.717) is 30.3 Å². The molecule has 1 aliphatic rings. The molecule has 1 unspecified atom stereocenters. The Morgan fingerprint density at radius 1 is 0.941 bits per heavy atom. The Morgan fingerprint density at radius 3 is 2.24 bits per heavy atom. The topological polar surface area (TPSA) is 61.9 Å². The summed E-state index contributed by atoms with van der Waals surface area (Å²) in [5.41, 5.74) is 2.81. The van der Waals surface area contributed by atoms with Gasteiger partial charge in [-0.15, -0.1) is 0 Å². The normalized spacial score (nSPS) is 15.5. The number of hydrogen-bond acceptors (Lipinski definition) is 4. The molecule has 1 saturated heterocycles. The van der Waals surface area contributed by atoms with E-state index in [0.717, 1.165) is 16.9 Å². The highest BCUT2D eigenvalue weighted by Crippen LogP contribution is 2.25. The fourth-order valence-corrected chi connectivity index (χ4v) is 4.37. The van der Waals surface area contributed by atoms with Crippen LogP contribution >= 0.6 is 12.2 Å². The fraction of sp³-hybridized carbons (Fsp3) is 0.222. The van der Waals surface area contributed by atoms with Gasteiger partial charge in [0.1, 0.15) is 11.8 Å². The molecular formula is C27H27N3O3S. The summed E-state index contributed by atoms with van der Waals surface area (Å²) in [6.45, 7) is 0.900. The maximum absolute atomic E-state index is 13.4. The summed E-state index contributed by atoms with van der Waals surface area (Å²) >= 11 is 5.74. The van der Waals surface area contributed by atoms with Crippen molar-refractivity contribution in [1.29, 1.82) is 0 Å². The van der Waals surface area contributed by atoms with E-state index in [1.54, 1.807) is 12.0 Å². The Hall–Kier alpha value is -3.71. The van der Waals surface area contributed by atoms with E-state index in [9.17, 15) is 9.59 Å². The second-order valence-corrected chi connectivity index (χ2v) is 8.48. The molecule has 1 atom stereocenters. The number of hydrogen-bond donors (Lipinski definition) is 1. The quantitative estimate of drug-likeness (QED) is 0.471. The summed E-state index contributed by atoms with van der Waals surface area (Å²) in [6.07, 6.45) is 0.706. The fourth-order valence-electron chi connectivity index (χ4n) is 4.00. The zero-order valence-corrected chi connectivity index (χ0v) is 19.8. The third kappa shape index (κ3) is 5.61. The van der Waals surface area contributed by atoms with Crippen LogP contribution in [0.4, 0.5) is 5.69 Å². The summed E-state index contributed by atoms with van der Waals surface area (Å²) in [4.78, 5) is 29.7. The van der Waals surface area contributed by atoms with Crippen molar-refractivity contribution in [2.24, 2.45) is 0 Å². The largest absolute Gasteiger partial charge is 0.497 e. The number of nitrogens with one attached hydrogen (secondary N) is 1. The maximum atomic E-state index is 13.4. The lowest BCUT2D eigenvalue weighted by Gasteiger charge is -2.24. The van der Waals surface area contributed by atoms with Crippen molar-refractivity contribution in [2.45, 2.75) is 25.4 Å². The van der Waals surface area contributed by atoms with Crippen LogP contribution in [0, 0.1) is 0 Å². The minimum Gasteiger partial charge on any atom is -0.497 e. The number of carbonyl (C=O) groups excluding carboxylic acids is 2. The number of methoxy groups -OCH3 is 1. The molecule has 0 radical (unpaired) electrons. The number of para-hydroxylation sites is 1. The number of thiocarbonyl (C=S) groups is 1. The summed E-state index contributed by atoms with van der Waals surface area (Å²) in [5, 5.41) is 3.33. The first-order chi connectivity index (χ1) is 16.5. The highest BCUT2D eigenvalue weighted by molar-refractivity contribution is 7.80. The Labute approximate surface area is 205 Å². The highest BCUT2D eigenvalue weighted by atomic mass is 32.1. The van der Waals surface area contributed by atoms with Crippen molar-refractivity contribution in [3.63, 3.8) is 0 Å². The lowest BCUT2D eigenvalue weighted by Crippen LogP contribution is -2.37. The van der Waals surface area contributed by atoms with Gasteiger partial charge < -0.3 is 15.0 Å². The molecular weight excluding hydrogens is 446 g/mol. The standard InChI is InChI=1S/C27H27N3O3S/c1-33-23-14-12-21(13-15-23)19-30-24(18-25(31)28-22-10-6-3-7-11-22)26(32)29(27(30)34)17-16-20-8-4-2-5-9-20/h2-15,24H,16-19H2,1H3,(H,28,31). The van der Waals surface area contributed by atoms with Gasteiger partial charge in [0.25, 0.3) is 5.91 Å². The van der Waals surface area contributed by atoms with Crippen LogP contribution in [0.1, 0.15) is 17.5 Å². The third-order valence-corrected chi connectivity index (χ3v) is 6.27. The molecule has 1 N–H and O–H groups in total. The number of rotatable bonds is 9. The Bertz CT molecular complexity index is 1140. The van der Waals surface area contributed by atoms with Crippen molar-refractivity contribution in [3.8, 4) is 5.75 Å². The second-order valence-electron chi connectivity index (χ2n) is 8.12. The van der Waals surface area contributed by atoms with E-state index < -0.39 is 6.04 Å². The molecule has 4 rings (SSSR count). The number of amides is 2. The average molecular weight is 474 g/mol. The van der Waals surface area contributed by atoms with E-state index in [2.05, 4.69) is 5.32 Å². The molecule has 174 valence electrons. The minimum atomic E-state index is -0.658. The monoisotopic (exact) mass is 473 g/mol. The van der Waals surface area contributed by atoms with Crippen LogP contribution < -0.4 is 10.1 Å². The van der Waals surface area contributed by atoms with Crippen LogP contribution in [0.2, 0.25) is 0 Å². The number of carbonyl (C=O) groups is 2. The van der Waals surface area contributed by atoms with Crippen LogP contribution in [0.15, 0.2) is 84.9 Å². The number of benzene rings is 3. The molecule has 0 saturated carbocycles. The Kier molecular flexibility index (Phi) is 7.54. The summed E-state index contributed by atoms with van der Waals surface area (Å²) in [5.74, 6) is 0.391. The molecule has 3 aromatic rings. The van der Waals surface area contributed by atoms with Gasteiger partial charge in [0.05, 0.1) is 13.5 Å². The minimum absolute atomic E-state index is 0.0197. The predicted molar refractivity (Wildman–Crippen MR) is 136 cm³/mol. The van der Waals surface area contributed by atoms with E-state index >= 15 is 0 Å². The zero-order chi connectivity index (χ0) is 23.9. The van der Waals surface area contributed by atoms with E-state index in [4.69, 9.17) is 17.0 Å². The van der Waals surface area contributed by atoms with E-state index in [1.807, 2.05) is 89.8 Å². The van der Waals surface area contributed by atoms with Gasteiger partial charge in [-0.25, -0.2) is 0 Å². The number of nitrogens with zero attached hydrogens (tertiary/aromatic N) is 2. The summed E-state index contributed by atoms with van der Waals surface area (Å²) < 4.78 is 5.24. The van der Waals surface area contributed by atoms with Gasteiger partial charge >= 0.3 is 0 Å². The van der Waals surface area contributed by atoms with Gasteiger partial charge in [-0.3, -0.25) is 14.5 Å². The van der Waals surface area contributed by atoms with Gasteiger partial charge in [0.2, 0.25) is 5.91 Å². The highest BCUT2D eigenvalue weighted by Gasteiger charge is 2.43. The van der Waals surface area contributed by atoms with Crippen LogP contribution in [0.3, 0.4) is 0 Å². The molecule has 0 aromatic heterocycles. The molecule has 0 aliphatic carbocycles. The molecule has 0 bridgehead atoms. The second kappa shape index (κ2) is 10.9. The van der Waals surface area contributed by atoms with Crippen LogP contribution in [0.25, 0.3) is 0 Å². The Morgan fingerprint density at radius 2 is 1.59 bits per heavy atom. The van der Waals surface area contributed by atoms with Crippen LogP contribution in [-0.2, 0) is 22.6 Å². The van der Waals surface area contributed by atoms with Crippen LogP contribution in [-0.4, -0.2) is 46.4 Å². The Balaban J connectivity index is 1.51. The maximum Gasteiger partial charge on any atom is 0.252 e. The summed E-state index contributed by atoms with van der Waals surface area (Å²) in [6, 6.07) is 26.2. The molecule has 3 aromatic carbocycles. The smallest absolute Gasteiger partial charge is 0.252 e. The molecule has 2 amide bonds. The van der Waals surface area contributed by atoms with Gasteiger partial charge in [0.15, 0.2) is 5.11 Å². The molecule has 34 heavy (non-hydrogen) atoms. The predicted octanol–water partition coefficient (Wildman–Crippen LogP) is 4.26. The molecule has 6 nitrogen and oxygen atoms in total. The van der Waals surface area contributed by atoms with Crippen molar-refractivity contribution < 1.29 is 14.3 Å². The first-order valence-electron chi connectivity index (χ1n) is 11.2. The first-order valence-corrected chi connectivity index (χ1v) is 11.6. The van der Waals surface area contributed by atoms with Gasteiger partial charge in [-0.2, -0.15) is 0 Å². The number of ether oxygens (including phenoxy) is 1. The van der Waals surface area contributed by atoms with Crippen molar-refractivity contribution in [3.05, 3.63) is 96.1 Å². The van der Waals surface area contributed by atoms with Crippen LogP contribution in [0.5, 0.6) is 5.75 Å². The molecule has 1 fully saturated rings. The first kappa shape index (κ1) is 23.4. The lowest BCUT2D eigenvalue weighted by atomic mass is 10.1. The van der Waals surface area contributed by atoms with Crippen molar-refractivity contribution in [1.82, 2.24) is 9.80 Å². The van der Waals surface area contributed by atoms with Gasteiger partial charge in [-0.05, 0) is 54.0 Å². The molecule has 1 aliphatic heterocycles. The van der Waals surface area contributed by atoms with E-state index in [1.165, 1.54) is 0 Å². The van der Waals surface area contributed by atoms with Crippen molar-refractivity contribution in [2.75, 3.05) is 19.0 Å². The number of anilines is 1. The van der Waals surface area contributed by atoms with Gasteiger partial charge in [0, 0.05) is 18.8 Å². The molecule has 7 heteroatoms. The summed E-state index contributed by atoms with van der Waals surface area (Å²) in [7, 11) is 1.62. The average Bonchev–Trinajstić information content (AvgIpc) is 3.08. The molecule has 1 heterocycles. The zero-order valence-electron chi connectivity index (χ0n) is 19.0. The SMILES string of the molecule is COc1ccc(CN2C(=S)N(CCc3ccccc3)C(=O)C2CC(=O)Nc2ccccc2)cc1. The van der Waals surface area contributed by atoms with E-state index in [-0.39, 0.29) is 18.2 Å². The van der Waals surface area contributed by atoms with Gasteiger partial charge in [-0.1, -0.05) is 60.7 Å². The third-order valence-electron chi connectivity index (χ3n) is 5.82. The lowest BCUT2D eigenvalue weighted by molar-refractivity contribution is -0.130. The molecule has 0 spiro atoms.